The second-order valence-electron chi connectivity index (χ2n) is 5.49. The minimum atomic E-state index is -3.89. The van der Waals surface area contributed by atoms with Crippen LogP contribution in [0.2, 0.25) is 0 Å². The number of nitrogens with two attached hydrogens (primary N) is 1. The molecule has 0 bridgehead atoms. The van der Waals surface area contributed by atoms with Crippen LogP contribution >= 0.6 is 0 Å². The molecular weight excluding hydrogens is 300 g/mol. The van der Waals surface area contributed by atoms with Crippen LogP contribution in [0, 0.1) is 6.92 Å². The predicted octanol–water partition coefficient (Wildman–Crippen LogP) is 2.04. The Kier molecular flexibility index (Phi) is 5.68. The number of aryl methyl sites for hydroxylation is 1. The fourth-order valence-electron chi connectivity index (χ4n) is 2.18. The summed E-state index contributed by atoms with van der Waals surface area (Å²) >= 11 is 0. The van der Waals surface area contributed by atoms with Crippen LogP contribution < -0.4 is 10.5 Å². The van der Waals surface area contributed by atoms with Crippen LogP contribution in [-0.2, 0) is 14.8 Å². The van der Waals surface area contributed by atoms with E-state index >= 15 is 0 Å². The monoisotopic (exact) mass is 322 g/mol. The van der Waals surface area contributed by atoms with Crippen molar-refractivity contribution in [3.8, 4) is 0 Å². The lowest BCUT2D eigenvalue weighted by molar-refractivity contribution is -0.123. The molecule has 0 saturated heterocycles. The van der Waals surface area contributed by atoms with Gasteiger partial charge in [-0.3, -0.25) is 4.79 Å². The Morgan fingerprint density at radius 3 is 2.32 bits per heavy atom. The molecule has 0 aliphatic carbocycles. The summed E-state index contributed by atoms with van der Waals surface area (Å²) in [6.07, 6.45) is 1.66. The van der Waals surface area contributed by atoms with Crippen molar-refractivity contribution in [1.82, 2.24) is 4.72 Å². The van der Waals surface area contributed by atoms with E-state index in [1.165, 1.54) is 18.2 Å². The van der Waals surface area contributed by atoms with Gasteiger partial charge in [0.15, 0.2) is 0 Å². The highest BCUT2D eigenvalue weighted by Crippen LogP contribution is 2.24. The molecule has 120 valence electrons. The van der Waals surface area contributed by atoms with Crippen LogP contribution in [-0.4, -0.2) is 19.9 Å². The van der Waals surface area contributed by atoms with Gasteiger partial charge in [0.2, 0.25) is 15.9 Å². The average molecular weight is 322 g/mol. The van der Waals surface area contributed by atoms with E-state index < -0.39 is 21.5 Å². The van der Waals surface area contributed by atoms with Gasteiger partial charge < -0.3 is 5.73 Å². The lowest BCUT2D eigenvalue weighted by Crippen LogP contribution is -2.57. The van der Waals surface area contributed by atoms with Crippen molar-refractivity contribution in [2.24, 2.45) is 5.73 Å². The van der Waals surface area contributed by atoms with E-state index in [2.05, 4.69) is 17.9 Å². The number of benzene rings is 1. The summed E-state index contributed by atoms with van der Waals surface area (Å²) in [4.78, 5) is 12.0. The maximum atomic E-state index is 12.5. The van der Waals surface area contributed by atoms with Crippen molar-refractivity contribution in [2.75, 3.05) is 0 Å². The third kappa shape index (κ3) is 4.29. The number of nitrogens with one attached hydrogen (secondary N) is 1. The number of hydrogen-bond acceptors (Lipinski definition) is 3. The number of sulfonamides is 1. The second-order valence-corrected chi connectivity index (χ2v) is 7.17. The zero-order valence-corrected chi connectivity index (χ0v) is 13.7. The van der Waals surface area contributed by atoms with E-state index in [1.807, 2.05) is 6.92 Å². The van der Waals surface area contributed by atoms with Crippen molar-refractivity contribution in [1.29, 1.82) is 0 Å². The van der Waals surface area contributed by atoms with Gasteiger partial charge in [0, 0.05) is 0 Å². The molecule has 0 heterocycles. The quantitative estimate of drug-likeness (QED) is 0.718. The van der Waals surface area contributed by atoms with Crippen molar-refractivity contribution in [2.45, 2.75) is 37.1 Å². The van der Waals surface area contributed by atoms with E-state index in [1.54, 1.807) is 19.1 Å². The third-order valence-electron chi connectivity index (χ3n) is 3.23. The summed E-state index contributed by atoms with van der Waals surface area (Å²) in [5.41, 5.74) is 5.58. The van der Waals surface area contributed by atoms with E-state index in [0.717, 1.165) is 5.56 Å². The van der Waals surface area contributed by atoms with E-state index in [4.69, 9.17) is 5.73 Å². The zero-order chi connectivity index (χ0) is 17.0. The van der Waals surface area contributed by atoms with Crippen molar-refractivity contribution in [3.63, 3.8) is 0 Å². The molecule has 1 unspecified atom stereocenters. The van der Waals surface area contributed by atoms with Gasteiger partial charge in [-0.2, -0.15) is 4.72 Å². The van der Waals surface area contributed by atoms with Crippen LogP contribution in [0.3, 0.4) is 0 Å². The van der Waals surface area contributed by atoms with Gasteiger partial charge in [0.1, 0.15) is 5.54 Å². The molecule has 0 radical (unpaired) electrons. The molecule has 1 amide bonds. The van der Waals surface area contributed by atoms with Gasteiger partial charge in [0.25, 0.3) is 0 Å². The number of hydrogen-bond donors (Lipinski definition) is 2. The van der Waals surface area contributed by atoms with Crippen LogP contribution in [0.15, 0.2) is 54.0 Å². The minimum Gasteiger partial charge on any atom is -0.368 e. The van der Waals surface area contributed by atoms with Gasteiger partial charge in [-0.15, -0.1) is 13.2 Å². The molecule has 1 atom stereocenters. The van der Waals surface area contributed by atoms with Crippen LogP contribution in [0.1, 0.15) is 25.3 Å². The van der Waals surface area contributed by atoms with Crippen molar-refractivity contribution < 1.29 is 13.2 Å². The Balaban J connectivity index is 3.27. The Bertz CT molecular complexity index is 678. The number of carbonyl (C=O) groups is 1. The smallest absolute Gasteiger partial charge is 0.241 e. The molecule has 0 aliphatic heterocycles. The summed E-state index contributed by atoms with van der Waals surface area (Å²) in [6.45, 7) is 10.9. The summed E-state index contributed by atoms with van der Waals surface area (Å²) in [5.74, 6) is -0.758. The van der Waals surface area contributed by atoms with E-state index in [0.29, 0.717) is 5.57 Å². The van der Waals surface area contributed by atoms with E-state index in [9.17, 15) is 13.2 Å². The molecule has 6 heteroatoms. The first-order valence-electron chi connectivity index (χ1n) is 6.79. The summed E-state index contributed by atoms with van der Waals surface area (Å²) < 4.78 is 27.5. The first-order chi connectivity index (χ1) is 10.1. The van der Waals surface area contributed by atoms with Crippen LogP contribution in [0.25, 0.3) is 0 Å². The van der Waals surface area contributed by atoms with Crippen molar-refractivity contribution in [3.05, 3.63) is 54.6 Å². The summed E-state index contributed by atoms with van der Waals surface area (Å²) in [6, 6.07) is 6.34. The molecule has 3 N–H and O–H groups in total. The number of amides is 1. The highest BCUT2D eigenvalue weighted by molar-refractivity contribution is 7.89. The Labute approximate surface area is 132 Å². The molecule has 0 aromatic heterocycles. The third-order valence-corrected chi connectivity index (χ3v) is 4.78. The topological polar surface area (TPSA) is 89.3 Å². The van der Waals surface area contributed by atoms with Gasteiger partial charge in [-0.05, 0) is 38.8 Å². The Hall–Kier alpha value is -1.92. The SMILES string of the molecule is C=CCC(CC(=C)C)(NS(=O)(=O)c1ccc(C)cc1)C(N)=O. The van der Waals surface area contributed by atoms with Gasteiger partial charge in [-0.1, -0.05) is 29.3 Å². The highest BCUT2D eigenvalue weighted by Gasteiger charge is 2.39. The minimum absolute atomic E-state index is 0.0782. The van der Waals surface area contributed by atoms with Gasteiger partial charge >= 0.3 is 0 Å². The number of carbonyl (C=O) groups excluding carboxylic acids is 1. The fraction of sp³-hybridized carbons (Fsp3) is 0.312. The first-order valence-corrected chi connectivity index (χ1v) is 8.27. The normalized spacial score (nSPS) is 14.1. The molecule has 1 aromatic carbocycles. The zero-order valence-electron chi connectivity index (χ0n) is 12.9. The maximum Gasteiger partial charge on any atom is 0.241 e. The molecule has 1 aromatic rings. The molecule has 0 aliphatic rings. The maximum absolute atomic E-state index is 12.5. The largest absolute Gasteiger partial charge is 0.368 e. The molecule has 5 nitrogen and oxygen atoms in total. The van der Waals surface area contributed by atoms with Crippen LogP contribution in [0.5, 0.6) is 0 Å². The Morgan fingerprint density at radius 1 is 1.36 bits per heavy atom. The first kappa shape index (κ1) is 18.1. The predicted molar refractivity (Wildman–Crippen MR) is 87.7 cm³/mol. The molecule has 0 spiro atoms. The lowest BCUT2D eigenvalue weighted by atomic mass is 9.88. The lowest BCUT2D eigenvalue weighted by Gasteiger charge is -2.30. The molecule has 22 heavy (non-hydrogen) atoms. The second kappa shape index (κ2) is 6.89. The van der Waals surface area contributed by atoms with E-state index in [-0.39, 0.29) is 17.7 Å². The van der Waals surface area contributed by atoms with Gasteiger partial charge in [0.05, 0.1) is 4.90 Å². The molecular formula is C16H22N2O3S. The molecule has 1 rings (SSSR count). The summed E-state index contributed by atoms with van der Waals surface area (Å²) in [5, 5.41) is 0. The molecule has 0 fully saturated rings. The average Bonchev–Trinajstić information content (AvgIpc) is 2.37. The number of primary amides is 1. The fourth-order valence-corrected chi connectivity index (χ4v) is 3.57. The van der Waals surface area contributed by atoms with Crippen LogP contribution in [0.4, 0.5) is 0 Å². The Morgan fingerprint density at radius 2 is 1.91 bits per heavy atom. The molecule has 0 saturated carbocycles. The highest BCUT2D eigenvalue weighted by atomic mass is 32.2. The van der Waals surface area contributed by atoms with Crippen molar-refractivity contribution >= 4 is 15.9 Å². The van der Waals surface area contributed by atoms with Gasteiger partial charge in [-0.25, -0.2) is 8.42 Å². The summed E-state index contributed by atoms with van der Waals surface area (Å²) in [7, 11) is -3.89. The standard InChI is InChI=1S/C16H22N2O3S/c1-5-10-16(15(17)19,11-12(2)3)18-22(20,21)14-8-6-13(4)7-9-14/h5-9,18H,1-2,10-11H2,3-4H3,(H2,17,19). The number of rotatable bonds is 8.